The Hall–Kier alpha value is -2.68. The maximum absolute atomic E-state index is 11.6. The van der Waals surface area contributed by atoms with E-state index < -0.39 is 5.91 Å². The number of nitrogens with zero attached hydrogens (tertiary/aromatic N) is 3. The fourth-order valence-corrected chi connectivity index (χ4v) is 1.19. The summed E-state index contributed by atoms with van der Waals surface area (Å²) in [6, 6.07) is 8.71. The van der Waals surface area contributed by atoms with Crippen molar-refractivity contribution in [1.82, 2.24) is 15.2 Å². The van der Waals surface area contributed by atoms with Crippen LogP contribution < -0.4 is 5.32 Å². The Morgan fingerprint density at radius 2 is 2.25 bits per heavy atom. The van der Waals surface area contributed by atoms with Gasteiger partial charge in [0.15, 0.2) is 0 Å². The van der Waals surface area contributed by atoms with Crippen LogP contribution in [0, 0.1) is 11.3 Å². The minimum absolute atomic E-state index is 0.104. The Kier molecular flexibility index (Phi) is 2.61. The highest BCUT2D eigenvalue weighted by Crippen LogP contribution is 2.13. The molecule has 6 nitrogen and oxygen atoms in total. The zero-order chi connectivity index (χ0) is 11.4. The first-order valence-corrected chi connectivity index (χ1v) is 4.47. The van der Waals surface area contributed by atoms with Gasteiger partial charge in [0.1, 0.15) is 12.4 Å². The van der Waals surface area contributed by atoms with Crippen molar-refractivity contribution in [3.63, 3.8) is 0 Å². The third-order valence-electron chi connectivity index (χ3n) is 1.93. The van der Waals surface area contributed by atoms with E-state index in [0.29, 0.717) is 11.3 Å². The zero-order valence-electron chi connectivity index (χ0n) is 8.14. The molecule has 2 N–H and O–H groups in total. The summed E-state index contributed by atoms with van der Waals surface area (Å²) in [6.07, 6.45) is 1.24. The molecule has 2 aromatic rings. The van der Waals surface area contributed by atoms with Crippen LogP contribution in [0.15, 0.2) is 30.6 Å². The molecule has 78 valence electrons. The lowest BCUT2D eigenvalue weighted by Gasteiger charge is -2.03. The summed E-state index contributed by atoms with van der Waals surface area (Å²) in [4.78, 5) is 15.3. The van der Waals surface area contributed by atoms with E-state index in [0.717, 1.165) is 0 Å². The molecule has 16 heavy (non-hydrogen) atoms. The lowest BCUT2D eigenvalue weighted by Crippen LogP contribution is -2.14. The second-order valence-electron chi connectivity index (χ2n) is 2.95. The normalized spacial score (nSPS) is 9.44. The monoisotopic (exact) mass is 213 g/mol. The molecule has 0 aliphatic rings. The molecule has 0 saturated carbocycles. The summed E-state index contributed by atoms with van der Waals surface area (Å²) in [7, 11) is 0. The first-order chi connectivity index (χ1) is 7.81. The molecule has 2 rings (SSSR count). The summed E-state index contributed by atoms with van der Waals surface area (Å²) in [6.45, 7) is 0. The molecule has 0 bridgehead atoms. The van der Waals surface area contributed by atoms with Crippen molar-refractivity contribution in [3.05, 3.63) is 42.0 Å². The highest BCUT2D eigenvalue weighted by molar-refractivity contribution is 6.02. The number of rotatable bonds is 2. The first-order valence-electron chi connectivity index (χ1n) is 4.47. The van der Waals surface area contributed by atoms with Crippen molar-refractivity contribution in [2.24, 2.45) is 0 Å². The summed E-state index contributed by atoms with van der Waals surface area (Å²) < 4.78 is 0. The van der Waals surface area contributed by atoms with E-state index >= 15 is 0 Å². The molecule has 0 aliphatic heterocycles. The second kappa shape index (κ2) is 4.23. The average molecular weight is 213 g/mol. The average Bonchev–Trinajstić information content (AvgIpc) is 2.83. The molecular formula is C10H7N5O. The minimum atomic E-state index is -0.430. The number of H-pyrrole nitrogens is 1. The quantitative estimate of drug-likeness (QED) is 0.775. The van der Waals surface area contributed by atoms with Crippen LogP contribution in [-0.2, 0) is 0 Å². The predicted molar refractivity (Wildman–Crippen MR) is 55.5 cm³/mol. The molecule has 0 radical (unpaired) electrons. The topological polar surface area (TPSA) is 94.5 Å². The third kappa shape index (κ3) is 1.88. The lowest BCUT2D eigenvalue weighted by atomic mass is 10.2. The number of amides is 1. The van der Waals surface area contributed by atoms with Crippen LogP contribution in [0.1, 0.15) is 16.2 Å². The fourth-order valence-electron chi connectivity index (χ4n) is 1.19. The van der Waals surface area contributed by atoms with Gasteiger partial charge in [-0.1, -0.05) is 12.1 Å². The molecule has 6 heteroatoms. The standard InChI is InChI=1S/C10H7N5O/c11-5-7-3-1-2-4-8(7)14-10(16)9-12-6-13-15-9/h1-4,6H,(H,14,16)(H,12,13,15). The van der Waals surface area contributed by atoms with Crippen molar-refractivity contribution in [2.75, 3.05) is 5.32 Å². The molecule has 1 heterocycles. The van der Waals surface area contributed by atoms with Gasteiger partial charge in [-0.05, 0) is 12.1 Å². The molecule has 0 atom stereocenters. The van der Waals surface area contributed by atoms with Gasteiger partial charge in [-0.15, -0.1) is 0 Å². The number of carbonyl (C=O) groups is 1. The van der Waals surface area contributed by atoms with Gasteiger partial charge in [0.2, 0.25) is 5.82 Å². The largest absolute Gasteiger partial charge is 0.318 e. The number of hydrogen-bond acceptors (Lipinski definition) is 4. The molecule has 1 amide bonds. The van der Waals surface area contributed by atoms with Gasteiger partial charge >= 0.3 is 0 Å². The fraction of sp³-hybridized carbons (Fsp3) is 0. The van der Waals surface area contributed by atoms with Crippen LogP contribution in [0.2, 0.25) is 0 Å². The predicted octanol–water partition coefficient (Wildman–Crippen LogP) is 0.929. The molecular weight excluding hydrogens is 206 g/mol. The van der Waals surface area contributed by atoms with Gasteiger partial charge in [-0.25, -0.2) is 4.98 Å². The van der Waals surface area contributed by atoms with Gasteiger partial charge in [0.25, 0.3) is 5.91 Å². The number of para-hydroxylation sites is 1. The van der Waals surface area contributed by atoms with Gasteiger partial charge in [0, 0.05) is 0 Å². The first kappa shape index (κ1) is 9.86. The summed E-state index contributed by atoms with van der Waals surface area (Å²) in [5.41, 5.74) is 0.849. The Balaban J connectivity index is 2.22. The van der Waals surface area contributed by atoms with Crippen LogP contribution in [0.4, 0.5) is 5.69 Å². The van der Waals surface area contributed by atoms with Crippen LogP contribution in [0.3, 0.4) is 0 Å². The summed E-state index contributed by atoms with van der Waals surface area (Å²) in [5, 5.41) is 17.4. The van der Waals surface area contributed by atoms with E-state index in [4.69, 9.17) is 5.26 Å². The smallest absolute Gasteiger partial charge is 0.293 e. The van der Waals surface area contributed by atoms with E-state index in [1.807, 2.05) is 6.07 Å². The lowest BCUT2D eigenvalue weighted by molar-refractivity contribution is 0.101. The Morgan fingerprint density at radius 1 is 1.44 bits per heavy atom. The SMILES string of the molecule is N#Cc1ccccc1NC(=O)c1ncn[nH]1. The Labute approximate surface area is 90.9 Å². The molecule has 0 aliphatic carbocycles. The number of carbonyl (C=O) groups excluding carboxylic acids is 1. The number of aromatic amines is 1. The minimum Gasteiger partial charge on any atom is -0.318 e. The number of aromatic nitrogens is 3. The third-order valence-corrected chi connectivity index (χ3v) is 1.93. The summed E-state index contributed by atoms with van der Waals surface area (Å²) >= 11 is 0. The van der Waals surface area contributed by atoms with Gasteiger partial charge in [-0.3, -0.25) is 9.89 Å². The second-order valence-corrected chi connectivity index (χ2v) is 2.95. The van der Waals surface area contributed by atoms with Gasteiger partial charge in [-0.2, -0.15) is 10.4 Å². The maximum atomic E-state index is 11.6. The van der Waals surface area contributed by atoms with Crippen LogP contribution in [0.25, 0.3) is 0 Å². The van der Waals surface area contributed by atoms with Gasteiger partial charge in [0.05, 0.1) is 11.3 Å². The van der Waals surface area contributed by atoms with Crippen LogP contribution >= 0.6 is 0 Å². The molecule has 1 aromatic carbocycles. The number of anilines is 1. The number of nitrogens with one attached hydrogen (secondary N) is 2. The molecule has 1 aromatic heterocycles. The van der Waals surface area contributed by atoms with E-state index in [1.54, 1.807) is 24.3 Å². The Morgan fingerprint density at radius 3 is 2.94 bits per heavy atom. The van der Waals surface area contributed by atoms with E-state index in [2.05, 4.69) is 20.5 Å². The van der Waals surface area contributed by atoms with Crippen LogP contribution in [0.5, 0.6) is 0 Å². The van der Waals surface area contributed by atoms with Crippen molar-refractivity contribution < 1.29 is 4.79 Å². The van der Waals surface area contributed by atoms with Crippen LogP contribution in [-0.4, -0.2) is 21.1 Å². The van der Waals surface area contributed by atoms with Crippen molar-refractivity contribution in [1.29, 1.82) is 5.26 Å². The highest BCUT2D eigenvalue weighted by atomic mass is 16.2. The molecule has 0 saturated heterocycles. The number of hydrogen-bond donors (Lipinski definition) is 2. The summed E-state index contributed by atoms with van der Waals surface area (Å²) in [5.74, 6) is -0.326. The zero-order valence-corrected chi connectivity index (χ0v) is 8.14. The van der Waals surface area contributed by atoms with Gasteiger partial charge < -0.3 is 5.32 Å². The maximum Gasteiger partial charge on any atom is 0.293 e. The molecule has 0 fully saturated rings. The highest BCUT2D eigenvalue weighted by Gasteiger charge is 2.10. The van der Waals surface area contributed by atoms with E-state index in [9.17, 15) is 4.79 Å². The van der Waals surface area contributed by atoms with E-state index in [-0.39, 0.29) is 5.82 Å². The number of nitriles is 1. The number of benzene rings is 1. The Bertz CT molecular complexity index is 541. The van der Waals surface area contributed by atoms with Crippen molar-refractivity contribution >= 4 is 11.6 Å². The van der Waals surface area contributed by atoms with Crippen molar-refractivity contribution in [2.45, 2.75) is 0 Å². The molecule has 0 unspecified atom stereocenters. The molecule has 0 spiro atoms. The van der Waals surface area contributed by atoms with Crippen molar-refractivity contribution in [3.8, 4) is 6.07 Å². The van der Waals surface area contributed by atoms with E-state index in [1.165, 1.54) is 6.33 Å².